The summed E-state index contributed by atoms with van der Waals surface area (Å²) >= 11 is 3.66. The summed E-state index contributed by atoms with van der Waals surface area (Å²) in [5.41, 5.74) is 25.3. The molecule has 2 aliphatic rings. The first kappa shape index (κ1) is 57.3. The van der Waals surface area contributed by atoms with E-state index in [0.717, 1.165) is 56.4 Å². The van der Waals surface area contributed by atoms with Crippen LogP contribution in [-0.4, -0.2) is 18.3 Å². The van der Waals surface area contributed by atoms with Crippen molar-refractivity contribution in [3.8, 4) is 22.7 Å². The van der Waals surface area contributed by atoms with Gasteiger partial charge in [0.25, 0.3) is 0 Å². The lowest BCUT2D eigenvalue weighted by Crippen LogP contribution is -2.23. The molecule has 8 heteroatoms. The molecule has 4 aromatic heterocycles. The van der Waals surface area contributed by atoms with Gasteiger partial charge in [0.2, 0.25) is 0 Å². The van der Waals surface area contributed by atoms with Crippen LogP contribution in [0.2, 0.25) is 0 Å². The number of anilines is 9. The van der Waals surface area contributed by atoms with Gasteiger partial charge in [0.1, 0.15) is 0 Å². The largest absolute Gasteiger partial charge is 0.315 e. The molecule has 97 heavy (non-hydrogen) atoms. The minimum absolute atomic E-state index is 1.01. The highest BCUT2D eigenvalue weighted by molar-refractivity contribution is 9.10. The third-order valence-corrected chi connectivity index (χ3v) is 19.6. The lowest BCUT2D eigenvalue weighted by Gasteiger charge is -2.40. The number of benzene rings is 14. The van der Waals surface area contributed by atoms with E-state index in [2.05, 4.69) is 413 Å². The number of hydrogen-bond donors (Lipinski definition) is 0. The van der Waals surface area contributed by atoms with Crippen LogP contribution in [0.15, 0.2) is 369 Å². The second kappa shape index (κ2) is 24.2. The summed E-state index contributed by atoms with van der Waals surface area (Å²) in [4.78, 5) is 7.14. The van der Waals surface area contributed by atoms with Crippen LogP contribution >= 0.6 is 15.9 Å². The average Bonchev–Trinajstić information content (AvgIpc) is 1.62. The van der Waals surface area contributed by atoms with E-state index in [0.29, 0.717) is 0 Å². The maximum atomic E-state index is 3.66. The van der Waals surface area contributed by atoms with Gasteiger partial charge in [-0.25, -0.2) is 0 Å². The molecule has 0 aliphatic carbocycles. The second-order valence-electron chi connectivity index (χ2n) is 24.6. The van der Waals surface area contributed by atoms with Crippen molar-refractivity contribution < 1.29 is 0 Å². The van der Waals surface area contributed by atoms with Gasteiger partial charge < -0.3 is 33.0 Å². The van der Waals surface area contributed by atoms with Gasteiger partial charge in [-0.2, -0.15) is 0 Å². The third-order valence-electron chi connectivity index (χ3n) is 19.1. The van der Waals surface area contributed by atoms with Crippen LogP contribution in [0.1, 0.15) is 11.1 Å². The fourth-order valence-corrected chi connectivity index (χ4v) is 15.2. The Hall–Kier alpha value is -12.4. The van der Waals surface area contributed by atoms with Crippen molar-refractivity contribution in [1.29, 1.82) is 0 Å². The van der Waals surface area contributed by atoms with E-state index >= 15 is 0 Å². The number of aromatic nitrogens is 4. The molecule has 0 saturated heterocycles. The van der Waals surface area contributed by atoms with Gasteiger partial charge in [-0.3, -0.25) is 0 Å². The van der Waals surface area contributed by atoms with Crippen molar-refractivity contribution in [2.24, 2.45) is 0 Å². The molecule has 0 saturated carbocycles. The van der Waals surface area contributed by atoms with Gasteiger partial charge in [0, 0.05) is 107 Å². The molecular formula is C89H62BrN7. The Kier molecular flexibility index (Phi) is 14.3. The van der Waals surface area contributed by atoms with E-state index in [4.69, 9.17) is 0 Å². The van der Waals surface area contributed by atoms with E-state index in [1.807, 2.05) is 0 Å². The summed E-state index contributed by atoms with van der Waals surface area (Å²) in [7, 11) is 0. The lowest BCUT2D eigenvalue weighted by molar-refractivity contribution is 1.09. The van der Waals surface area contributed by atoms with Gasteiger partial charge in [-0.05, 0) is 169 Å². The third kappa shape index (κ3) is 9.87. The van der Waals surface area contributed by atoms with Crippen molar-refractivity contribution in [1.82, 2.24) is 18.3 Å². The van der Waals surface area contributed by atoms with Crippen molar-refractivity contribution in [3.63, 3.8) is 0 Å². The Morgan fingerprint density at radius 2 is 0.557 bits per heavy atom. The zero-order valence-corrected chi connectivity index (χ0v) is 54.4. The average molecular weight is 1310 g/mol. The highest BCUT2D eigenvalue weighted by Crippen LogP contribution is 2.55. The van der Waals surface area contributed by atoms with E-state index in [1.54, 1.807) is 0 Å². The molecule has 18 aromatic rings. The Morgan fingerprint density at radius 1 is 0.227 bits per heavy atom. The molecule has 20 rings (SSSR count). The number of halogens is 1. The quantitative estimate of drug-likeness (QED) is 0.159. The highest BCUT2D eigenvalue weighted by atomic mass is 79.9. The standard InChI is InChI=1S/C44H30N4.C26H17BrN2.C19H15N/c1-4-14-32(15-5-1)45-29-28-31-24-26-36-37-30-35(25-27-38(37)48(44(36)43(31)45)34-18-8-3-9-19-34)47-41-22-12-10-20-39(41)46(33-16-6-2-7-17-33)40-21-11-13-23-42(40)47;27-19-12-14-24-23(17-19)22-13-11-18-15-16-28(20-7-3-1-4-8-20)25(18)26(22)29(24)21-9-5-2-6-10-21;1-2-10-17(11-3-1)20-18-12-6-4-8-15(18)14-16-9-5-7-13-19(16)20/h1-30H;1-17H;1-13H,14H2. The van der Waals surface area contributed by atoms with E-state index in [9.17, 15) is 0 Å². The molecule has 2 aliphatic heterocycles. The Balaban J connectivity index is 0.000000118. The molecule has 0 fully saturated rings. The van der Waals surface area contributed by atoms with Gasteiger partial charge in [0.15, 0.2) is 0 Å². The zero-order chi connectivity index (χ0) is 64.3. The minimum atomic E-state index is 1.01. The van der Waals surface area contributed by atoms with Crippen LogP contribution in [0.5, 0.6) is 0 Å². The van der Waals surface area contributed by atoms with E-state index < -0.39 is 0 Å². The normalized spacial score (nSPS) is 12.3. The molecule has 0 bridgehead atoms. The van der Waals surface area contributed by atoms with Gasteiger partial charge in [-0.15, -0.1) is 0 Å². The topological polar surface area (TPSA) is 29.4 Å². The maximum Gasteiger partial charge on any atom is 0.0788 e. The van der Waals surface area contributed by atoms with Gasteiger partial charge >= 0.3 is 0 Å². The molecule has 460 valence electrons. The van der Waals surface area contributed by atoms with Crippen LogP contribution in [-0.2, 0) is 6.42 Å². The molecule has 7 nitrogen and oxygen atoms in total. The van der Waals surface area contributed by atoms with Crippen LogP contribution in [0.4, 0.5) is 51.2 Å². The Morgan fingerprint density at radius 3 is 0.979 bits per heavy atom. The highest BCUT2D eigenvalue weighted by Gasteiger charge is 2.31. The molecule has 0 unspecified atom stereocenters. The van der Waals surface area contributed by atoms with Crippen LogP contribution in [0.25, 0.3) is 88.2 Å². The predicted octanol–water partition coefficient (Wildman–Crippen LogP) is 24.5. The first-order chi connectivity index (χ1) is 48.1. The van der Waals surface area contributed by atoms with Crippen molar-refractivity contribution in [3.05, 3.63) is 380 Å². The number of fused-ring (bicyclic) bond motifs is 14. The van der Waals surface area contributed by atoms with Crippen LogP contribution < -0.4 is 14.7 Å². The molecule has 0 N–H and O–H groups in total. The second-order valence-corrected chi connectivity index (χ2v) is 25.6. The van der Waals surface area contributed by atoms with Crippen molar-refractivity contribution in [2.45, 2.75) is 6.42 Å². The monoisotopic (exact) mass is 1310 g/mol. The first-order valence-electron chi connectivity index (χ1n) is 33.0. The van der Waals surface area contributed by atoms with Crippen LogP contribution in [0.3, 0.4) is 0 Å². The molecule has 0 amide bonds. The summed E-state index contributed by atoms with van der Waals surface area (Å²) in [6.07, 6.45) is 5.37. The predicted molar refractivity (Wildman–Crippen MR) is 410 cm³/mol. The smallest absolute Gasteiger partial charge is 0.0788 e. The number of rotatable bonds is 7. The number of nitrogens with zero attached hydrogens (tertiary/aromatic N) is 7. The maximum absolute atomic E-state index is 3.66. The summed E-state index contributed by atoms with van der Waals surface area (Å²) in [5.74, 6) is 0. The summed E-state index contributed by atoms with van der Waals surface area (Å²) in [5, 5.41) is 7.40. The Bertz CT molecular complexity index is 5850. The molecular weight excluding hydrogens is 1250 g/mol. The number of hydrogen-bond acceptors (Lipinski definition) is 3. The molecule has 0 spiro atoms. The van der Waals surface area contributed by atoms with Crippen molar-refractivity contribution >= 4 is 133 Å². The molecule has 0 atom stereocenters. The Labute approximate surface area is 570 Å². The SMILES string of the molecule is Brc1ccc2c(c1)c1ccc3ccn(-c4ccccc4)c3c1n2-c1ccccc1.c1ccc(N2c3ccccc3Cc3ccccc32)cc1.c1ccc(N2c3ccccc3N(c3ccc4c(c3)c3ccc5ccn(-c6ccccc6)c5c3n4-c3ccccc3)c3ccccc32)cc1. The fourth-order valence-electron chi connectivity index (χ4n) is 14.9. The van der Waals surface area contributed by atoms with E-state index in [-0.39, 0.29) is 0 Å². The van der Waals surface area contributed by atoms with Crippen molar-refractivity contribution in [2.75, 3.05) is 14.7 Å². The van der Waals surface area contributed by atoms with Crippen LogP contribution in [0, 0.1) is 0 Å². The number of para-hydroxylation sites is 12. The van der Waals surface area contributed by atoms with E-state index in [1.165, 1.54) is 105 Å². The zero-order valence-electron chi connectivity index (χ0n) is 52.9. The summed E-state index contributed by atoms with van der Waals surface area (Å²) < 4.78 is 10.5. The molecule has 0 radical (unpaired) electrons. The lowest BCUT2D eigenvalue weighted by atomic mass is 9.95. The molecule has 6 heterocycles. The minimum Gasteiger partial charge on any atom is -0.315 e. The fraction of sp³-hybridized carbons (Fsp3) is 0.0112. The summed E-state index contributed by atoms with van der Waals surface area (Å²) in [6, 6.07) is 125. The molecule has 14 aromatic carbocycles. The van der Waals surface area contributed by atoms with Gasteiger partial charge in [0.05, 0.1) is 55.8 Å². The van der Waals surface area contributed by atoms with Gasteiger partial charge in [-0.1, -0.05) is 210 Å². The summed E-state index contributed by atoms with van der Waals surface area (Å²) in [6.45, 7) is 0. The first-order valence-corrected chi connectivity index (χ1v) is 33.8.